The van der Waals surface area contributed by atoms with E-state index in [-0.39, 0.29) is 19.2 Å². The van der Waals surface area contributed by atoms with E-state index in [4.69, 9.17) is 21.4 Å². The summed E-state index contributed by atoms with van der Waals surface area (Å²) in [6.45, 7) is 2.19. The highest BCUT2D eigenvalue weighted by Crippen LogP contribution is 2.32. The molecule has 0 bridgehead atoms. The Bertz CT molecular complexity index is 1400. The molecule has 0 aliphatic rings. The van der Waals surface area contributed by atoms with Crippen molar-refractivity contribution in [2.24, 2.45) is 0 Å². The molecule has 0 saturated heterocycles. The third kappa shape index (κ3) is 7.20. The zero-order chi connectivity index (χ0) is 27.1. The van der Waals surface area contributed by atoms with Crippen molar-refractivity contribution in [2.75, 3.05) is 18.5 Å². The van der Waals surface area contributed by atoms with Gasteiger partial charge in [0.25, 0.3) is 0 Å². The molecular formula is C29H30ClN3O5. The molecule has 1 aromatic heterocycles. The van der Waals surface area contributed by atoms with Crippen molar-refractivity contribution < 1.29 is 24.9 Å². The average Bonchev–Trinajstić information content (AvgIpc) is 2.91. The minimum Gasteiger partial charge on any atom is -0.465 e. The Labute approximate surface area is 225 Å². The van der Waals surface area contributed by atoms with E-state index >= 15 is 0 Å². The minimum atomic E-state index is -1.14. The normalized spacial score (nSPS) is 12.7. The van der Waals surface area contributed by atoms with Crippen molar-refractivity contribution in [3.8, 4) is 11.5 Å². The van der Waals surface area contributed by atoms with E-state index < -0.39 is 12.2 Å². The van der Waals surface area contributed by atoms with E-state index in [1.807, 2.05) is 43.3 Å². The van der Waals surface area contributed by atoms with Crippen LogP contribution in [0.1, 0.15) is 29.8 Å². The quantitative estimate of drug-likeness (QED) is 0.170. The number of carbonyl (C=O) groups is 1. The second-order valence-corrected chi connectivity index (χ2v) is 9.37. The number of anilines is 1. The maximum absolute atomic E-state index is 11.0. The number of aliphatic hydroxyl groups is 2. The van der Waals surface area contributed by atoms with Crippen LogP contribution in [0.2, 0.25) is 5.02 Å². The van der Waals surface area contributed by atoms with Gasteiger partial charge in [-0.15, -0.1) is 0 Å². The number of fused-ring (bicyclic) bond motifs is 1. The number of ether oxygens (including phenoxy) is 1. The molecule has 1 heterocycles. The minimum absolute atomic E-state index is 0.0813. The molecular weight excluding hydrogens is 506 g/mol. The summed E-state index contributed by atoms with van der Waals surface area (Å²) in [6.07, 6.45) is -0.610. The van der Waals surface area contributed by atoms with Gasteiger partial charge in [-0.25, -0.2) is 4.79 Å². The summed E-state index contributed by atoms with van der Waals surface area (Å²) in [5, 5.41) is 36.2. The molecule has 5 N–H and O–H groups in total. The fraction of sp³-hybridized carbons (Fsp3) is 0.241. The topological polar surface area (TPSA) is 124 Å². The van der Waals surface area contributed by atoms with Gasteiger partial charge in [0.2, 0.25) is 0 Å². The fourth-order valence-corrected chi connectivity index (χ4v) is 4.33. The molecule has 0 unspecified atom stereocenters. The molecule has 8 nitrogen and oxygen atoms in total. The molecule has 0 aliphatic heterocycles. The lowest BCUT2D eigenvalue weighted by atomic mass is 10.0. The number of rotatable bonds is 11. The molecule has 0 aliphatic carbocycles. The lowest BCUT2D eigenvalue weighted by Crippen LogP contribution is -2.37. The Morgan fingerprint density at radius 2 is 1.87 bits per heavy atom. The first-order chi connectivity index (χ1) is 18.3. The van der Waals surface area contributed by atoms with Crippen molar-refractivity contribution >= 4 is 34.3 Å². The lowest BCUT2D eigenvalue weighted by molar-refractivity contribution is 0.158. The fourth-order valence-electron chi connectivity index (χ4n) is 4.13. The molecule has 9 heteroatoms. The van der Waals surface area contributed by atoms with Gasteiger partial charge in [-0.3, -0.25) is 10.3 Å². The number of aromatic nitrogens is 1. The Morgan fingerprint density at radius 3 is 2.55 bits per heavy atom. The zero-order valence-electron chi connectivity index (χ0n) is 20.9. The van der Waals surface area contributed by atoms with Gasteiger partial charge in [0.05, 0.1) is 18.2 Å². The Kier molecular flexibility index (Phi) is 9.15. The van der Waals surface area contributed by atoms with Crippen LogP contribution in [-0.2, 0) is 12.8 Å². The van der Waals surface area contributed by atoms with Crippen LogP contribution >= 0.6 is 11.6 Å². The van der Waals surface area contributed by atoms with Gasteiger partial charge in [0.15, 0.2) is 0 Å². The zero-order valence-corrected chi connectivity index (χ0v) is 21.7. The molecule has 0 spiro atoms. The van der Waals surface area contributed by atoms with Gasteiger partial charge >= 0.3 is 6.09 Å². The number of nitrogens with one attached hydrogen (secondary N) is 2. The molecule has 1 amide bonds. The van der Waals surface area contributed by atoms with Crippen molar-refractivity contribution in [3.05, 3.63) is 94.6 Å². The van der Waals surface area contributed by atoms with Crippen molar-refractivity contribution in [3.63, 3.8) is 0 Å². The summed E-state index contributed by atoms with van der Waals surface area (Å²) in [5.74, 6) is 1.27. The molecule has 4 rings (SSSR count). The number of nitrogens with zero attached hydrogens (tertiary/aromatic N) is 1. The predicted molar refractivity (Wildman–Crippen MR) is 148 cm³/mol. The molecule has 3 aromatic carbocycles. The van der Waals surface area contributed by atoms with E-state index in [2.05, 4.69) is 15.6 Å². The molecule has 0 fully saturated rings. The summed E-state index contributed by atoms with van der Waals surface area (Å²) in [4.78, 5) is 15.6. The largest absolute Gasteiger partial charge is 0.465 e. The number of benzene rings is 3. The maximum atomic E-state index is 11.0. The first-order valence-corrected chi connectivity index (χ1v) is 12.7. The monoisotopic (exact) mass is 535 g/mol. The van der Waals surface area contributed by atoms with Gasteiger partial charge < -0.3 is 25.4 Å². The Balaban J connectivity index is 1.42. The van der Waals surface area contributed by atoms with Gasteiger partial charge in [-0.2, -0.15) is 0 Å². The van der Waals surface area contributed by atoms with E-state index in [1.54, 1.807) is 36.4 Å². The van der Waals surface area contributed by atoms with Crippen LogP contribution in [0.25, 0.3) is 10.9 Å². The molecule has 2 atom stereocenters. The number of aliphatic hydroxyl groups excluding tert-OH is 2. The highest BCUT2D eigenvalue weighted by molar-refractivity contribution is 6.30. The second kappa shape index (κ2) is 12.7. The second-order valence-electron chi connectivity index (χ2n) is 8.94. The number of hydrogen-bond acceptors (Lipinski definition) is 6. The van der Waals surface area contributed by atoms with Crippen molar-refractivity contribution in [2.45, 2.75) is 31.9 Å². The SMILES string of the molecule is CCc1cc(Oc2ccc(C[C@@H](CO)NC[C@H](O)c3cccc(Cl)c3)cc2)c2ccc(NC(=O)O)cc2n1. The number of halogens is 1. The van der Waals surface area contributed by atoms with Crippen LogP contribution < -0.4 is 15.4 Å². The van der Waals surface area contributed by atoms with Crippen LogP contribution in [0.4, 0.5) is 10.5 Å². The van der Waals surface area contributed by atoms with Gasteiger partial charge in [0.1, 0.15) is 11.5 Å². The molecule has 4 aromatic rings. The number of hydrogen-bond donors (Lipinski definition) is 5. The van der Waals surface area contributed by atoms with E-state index in [9.17, 15) is 15.0 Å². The summed E-state index contributed by atoms with van der Waals surface area (Å²) < 4.78 is 6.19. The molecule has 38 heavy (non-hydrogen) atoms. The van der Waals surface area contributed by atoms with Crippen LogP contribution in [0.15, 0.2) is 72.8 Å². The standard InChI is InChI=1S/C29H30ClN3O5/c1-2-21-15-28(25-11-8-22(33-29(36)37)14-26(25)32-21)38-24-9-6-18(7-10-24)12-23(17-34)31-16-27(35)19-4-3-5-20(30)13-19/h3-11,13-15,23,27,31,33-35H,2,12,16-17H2,1H3,(H,36,37)/t23-,27-/m0/s1. The van der Waals surface area contributed by atoms with Crippen LogP contribution in [0, 0.1) is 0 Å². The smallest absolute Gasteiger partial charge is 0.409 e. The maximum Gasteiger partial charge on any atom is 0.409 e. The van der Waals surface area contributed by atoms with E-state index in [0.29, 0.717) is 46.1 Å². The highest BCUT2D eigenvalue weighted by Gasteiger charge is 2.14. The lowest BCUT2D eigenvalue weighted by Gasteiger charge is -2.19. The average molecular weight is 536 g/mol. The predicted octanol–water partition coefficient (Wildman–Crippen LogP) is 5.56. The van der Waals surface area contributed by atoms with Crippen LogP contribution in [0.3, 0.4) is 0 Å². The van der Waals surface area contributed by atoms with E-state index in [0.717, 1.165) is 16.6 Å². The molecule has 0 radical (unpaired) electrons. The Morgan fingerprint density at radius 1 is 1.08 bits per heavy atom. The third-order valence-electron chi connectivity index (χ3n) is 6.13. The third-order valence-corrected chi connectivity index (χ3v) is 6.36. The number of pyridine rings is 1. The van der Waals surface area contributed by atoms with Crippen molar-refractivity contribution in [1.29, 1.82) is 0 Å². The van der Waals surface area contributed by atoms with Gasteiger partial charge in [-0.05, 0) is 66.4 Å². The summed E-state index contributed by atoms with van der Waals surface area (Å²) in [6, 6.07) is 21.5. The van der Waals surface area contributed by atoms with Crippen LogP contribution in [0.5, 0.6) is 11.5 Å². The van der Waals surface area contributed by atoms with Crippen molar-refractivity contribution in [1.82, 2.24) is 10.3 Å². The van der Waals surface area contributed by atoms with Gasteiger partial charge in [0, 0.05) is 40.4 Å². The highest BCUT2D eigenvalue weighted by atomic mass is 35.5. The van der Waals surface area contributed by atoms with E-state index in [1.165, 1.54) is 0 Å². The van der Waals surface area contributed by atoms with Crippen LogP contribution in [-0.4, -0.2) is 45.6 Å². The van der Waals surface area contributed by atoms with Gasteiger partial charge in [-0.1, -0.05) is 42.8 Å². The first kappa shape index (κ1) is 27.3. The molecule has 0 saturated carbocycles. The molecule has 198 valence electrons. The summed E-state index contributed by atoms with van der Waals surface area (Å²) in [7, 11) is 0. The number of amides is 1. The summed E-state index contributed by atoms with van der Waals surface area (Å²) in [5.41, 5.74) is 3.62. The Hall–Kier alpha value is -3.69. The summed E-state index contributed by atoms with van der Waals surface area (Å²) >= 11 is 6.01. The number of carboxylic acid groups (broad SMARTS) is 1. The first-order valence-electron chi connectivity index (χ1n) is 12.3. The number of aryl methyl sites for hydroxylation is 1.